The van der Waals surface area contributed by atoms with Crippen LogP contribution >= 0.6 is 15.9 Å². The lowest BCUT2D eigenvalue weighted by Crippen LogP contribution is -2.00. The van der Waals surface area contributed by atoms with Crippen molar-refractivity contribution in [2.75, 3.05) is 0 Å². The summed E-state index contributed by atoms with van der Waals surface area (Å²) in [7, 11) is 0. The minimum absolute atomic E-state index is 0.00287. The molecule has 0 fully saturated rings. The second kappa shape index (κ2) is 5.07. The van der Waals surface area contributed by atoms with Gasteiger partial charge in [-0.25, -0.2) is 4.98 Å². The number of aromatic amines is 1. The number of H-pyrrole nitrogens is 1. The maximum Gasteiger partial charge on any atom is 0.195 e. The molecule has 0 atom stereocenters. The largest absolute Gasteiger partial charge is 0.345 e. The zero-order chi connectivity index (χ0) is 15.1. The predicted molar refractivity (Wildman–Crippen MR) is 91.2 cm³/mol. The molecule has 0 aliphatic heterocycles. The summed E-state index contributed by atoms with van der Waals surface area (Å²) in [5.41, 5.74) is 2.03. The average Bonchev–Trinajstić information content (AvgIpc) is 2.96. The number of hydrogen-bond acceptors (Lipinski definition) is 2. The average molecular weight is 351 g/mol. The second-order valence-corrected chi connectivity index (χ2v) is 6.06. The molecule has 2 heterocycles. The van der Waals surface area contributed by atoms with E-state index < -0.39 is 0 Å². The van der Waals surface area contributed by atoms with Crippen molar-refractivity contribution in [3.63, 3.8) is 0 Å². The molecular weight excluding hydrogens is 340 g/mol. The summed E-state index contributed by atoms with van der Waals surface area (Å²) >= 11 is 3.40. The molecule has 4 rings (SSSR count). The number of fused-ring (bicyclic) bond motifs is 2. The molecule has 0 aliphatic rings. The van der Waals surface area contributed by atoms with E-state index in [2.05, 4.69) is 25.9 Å². The van der Waals surface area contributed by atoms with E-state index in [0.29, 0.717) is 16.8 Å². The van der Waals surface area contributed by atoms with Gasteiger partial charge in [0.1, 0.15) is 5.65 Å². The van der Waals surface area contributed by atoms with Gasteiger partial charge in [0.25, 0.3) is 0 Å². The first-order valence-electron chi connectivity index (χ1n) is 6.88. The van der Waals surface area contributed by atoms with Crippen LogP contribution in [0.1, 0.15) is 15.9 Å². The van der Waals surface area contributed by atoms with Crippen molar-refractivity contribution < 1.29 is 4.79 Å². The number of ketones is 1. The first-order valence-corrected chi connectivity index (χ1v) is 7.68. The highest BCUT2D eigenvalue weighted by atomic mass is 79.9. The van der Waals surface area contributed by atoms with Crippen LogP contribution in [0.4, 0.5) is 0 Å². The number of nitrogens with one attached hydrogen (secondary N) is 1. The van der Waals surface area contributed by atoms with Gasteiger partial charge in [-0.05, 0) is 38.8 Å². The summed E-state index contributed by atoms with van der Waals surface area (Å²) in [6.45, 7) is 0. The van der Waals surface area contributed by atoms with Crippen molar-refractivity contribution in [2.24, 2.45) is 0 Å². The summed E-state index contributed by atoms with van der Waals surface area (Å²) in [5.74, 6) is -0.00287. The van der Waals surface area contributed by atoms with Gasteiger partial charge in [-0.3, -0.25) is 4.79 Å². The highest BCUT2D eigenvalue weighted by Gasteiger charge is 2.15. The Balaban J connectivity index is 1.86. The van der Waals surface area contributed by atoms with Crippen LogP contribution in [0, 0.1) is 0 Å². The number of aromatic nitrogens is 2. The summed E-state index contributed by atoms with van der Waals surface area (Å²) in [4.78, 5) is 20.1. The van der Waals surface area contributed by atoms with Crippen molar-refractivity contribution in [2.45, 2.75) is 0 Å². The molecule has 0 radical (unpaired) electrons. The van der Waals surface area contributed by atoms with E-state index in [-0.39, 0.29) is 5.78 Å². The Morgan fingerprint density at radius 3 is 2.73 bits per heavy atom. The Bertz CT molecular complexity index is 1020. The van der Waals surface area contributed by atoms with E-state index in [9.17, 15) is 4.79 Å². The molecule has 106 valence electrons. The van der Waals surface area contributed by atoms with E-state index in [1.807, 2.05) is 48.5 Å². The molecule has 0 saturated carbocycles. The lowest BCUT2D eigenvalue weighted by Gasteiger charge is -2.03. The first-order chi connectivity index (χ1) is 10.7. The van der Waals surface area contributed by atoms with Crippen molar-refractivity contribution in [1.29, 1.82) is 0 Å². The maximum atomic E-state index is 12.8. The topological polar surface area (TPSA) is 45.8 Å². The van der Waals surface area contributed by atoms with Gasteiger partial charge in [0.05, 0.1) is 0 Å². The second-order valence-electron chi connectivity index (χ2n) is 5.14. The molecule has 4 heteroatoms. The van der Waals surface area contributed by atoms with E-state index in [1.165, 1.54) is 0 Å². The normalized spacial score (nSPS) is 11.1. The SMILES string of the molecule is O=C(c1ccc2ccccc2c1)c1c[nH]c2ncc(Br)cc12. The number of pyridine rings is 1. The minimum Gasteiger partial charge on any atom is -0.345 e. The minimum atomic E-state index is -0.00287. The van der Waals surface area contributed by atoms with Crippen molar-refractivity contribution >= 4 is 43.5 Å². The van der Waals surface area contributed by atoms with E-state index >= 15 is 0 Å². The number of halogens is 1. The third-order valence-electron chi connectivity index (χ3n) is 3.75. The van der Waals surface area contributed by atoms with Gasteiger partial charge in [-0.15, -0.1) is 0 Å². The fraction of sp³-hybridized carbons (Fsp3) is 0. The van der Waals surface area contributed by atoms with Crippen LogP contribution in [-0.2, 0) is 0 Å². The molecule has 2 aromatic carbocycles. The lowest BCUT2D eigenvalue weighted by molar-refractivity contribution is 0.104. The van der Waals surface area contributed by atoms with Crippen LogP contribution in [-0.4, -0.2) is 15.8 Å². The fourth-order valence-electron chi connectivity index (χ4n) is 2.65. The third kappa shape index (κ3) is 2.12. The molecule has 4 aromatic rings. The zero-order valence-electron chi connectivity index (χ0n) is 11.5. The Labute approximate surface area is 135 Å². The summed E-state index contributed by atoms with van der Waals surface area (Å²) in [6.07, 6.45) is 3.44. The molecule has 0 spiro atoms. The zero-order valence-corrected chi connectivity index (χ0v) is 13.1. The molecule has 3 nitrogen and oxygen atoms in total. The summed E-state index contributed by atoms with van der Waals surface area (Å²) < 4.78 is 0.854. The van der Waals surface area contributed by atoms with Crippen LogP contribution in [0.2, 0.25) is 0 Å². The number of benzene rings is 2. The van der Waals surface area contributed by atoms with Gasteiger partial charge in [0.2, 0.25) is 0 Å². The van der Waals surface area contributed by atoms with Gasteiger partial charge >= 0.3 is 0 Å². The number of carbonyl (C=O) groups is 1. The monoisotopic (exact) mass is 350 g/mol. The number of carbonyl (C=O) groups excluding carboxylic acids is 1. The molecule has 0 unspecified atom stereocenters. The van der Waals surface area contributed by atoms with Crippen LogP contribution in [0.3, 0.4) is 0 Å². The quantitative estimate of drug-likeness (QED) is 0.532. The number of nitrogens with zero attached hydrogens (tertiary/aromatic N) is 1. The van der Waals surface area contributed by atoms with Gasteiger partial charge in [-0.1, -0.05) is 36.4 Å². The summed E-state index contributed by atoms with van der Waals surface area (Å²) in [6, 6.07) is 15.7. The van der Waals surface area contributed by atoms with Gasteiger partial charge in [0, 0.05) is 33.4 Å². The smallest absolute Gasteiger partial charge is 0.195 e. The van der Waals surface area contributed by atoms with E-state index in [4.69, 9.17) is 0 Å². The first kappa shape index (κ1) is 13.2. The Hall–Kier alpha value is -2.46. The van der Waals surface area contributed by atoms with Crippen molar-refractivity contribution in [3.8, 4) is 0 Å². The predicted octanol–water partition coefficient (Wildman–Crippen LogP) is 4.71. The maximum absolute atomic E-state index is 12.8. The van der Waals surface area contributed by atoms with Crippen molar-refractivity contribution in [3.05, 3.63) is 76.5 Å². The van der Waals surface area contributed by atoms with E-state index in [1.54, 1.807) is 12.4 Å². The van der Waals surface area contributed by atoms with Crippen LogP contribution in [0.5, 0.6) is 0 Å². The number of hydrogen-bond donors (Lipinski definition) is 1. The van der Waals surface area contributed by atoms with Crippen LogP contribution in [0.15, 0.2) is 65.4 Å². The highest BCUT2D eigenvalue weighted by Crippen LogP contribution is 2.24. The van der Waals surface area contributed by atoms with Gasteiger partial charge in [0.15, 0.2) is 5.78 Å². The molecule has 2 aromatic heterocycles. The molecule has 1 N–H and O–H groups in total. The molecule has 0 aliphatic carbocycles. The molecular formula is C18H11BrN2O. The fourth-order valence-corrected chi connectivity index (χ4v) is 2.98. The van der Waals surface area contributed by atoms with E-state index in [0.717, 1.165) is 20.6 Å². The molecule has 22 heavy (non-hydrogen) atoms. The summed E-state index contributed by atoms with van der Waals surface area (Å²) in [5, 5.41) is 3.02. The Morgan fingerprint density at radius 1 is 1.05 bits per heavy atom. The van der Waals surface area contributed by atoms with Crippen molar-refractivity contribution in [1.82, 2.24) is 9.97 Å². The molecule has 0 saturated heterocycles. The molecule has 0 bridgehead atoms. The number of rotatable bonds is 2. The molecule has 0 amide bonds. The Kier molecular flexibility index (Phi) is 3.05. The van der Waals surface area contributed by atoms with Crippen LogP contribution in [0.25, 0.3) is 21.8 Å². The third-order valence-corrected chi connectivity index (χ3v) is 4.19. The van der Waals surface area contributed by atoms with Crippen LogP contribution < -0.4 is 0 Å². The lowest BCUT2D eigenvalue weighted by atomic mass is 10.00. The Morgan fingerprint density at radius 2 is 1.86 bits per heavy atom. The highest BCUT2D eigenvalue weighted by molar-refractivity contribution is 9.10. The van der Waals surface area contributed by atoms with Gasteiger partial charge < -0.3 is 4.98 Å². The standard InChI is InChI=1S/C18H11BrN2O/c19-14-8-15-16(10-21-18(15)20-9-14)17(22)13-6-5-11-3-1-2-4-12(11)7-13/h1-10H,(H,20,21). The van der Waals surface area contributed by atoms with Gasteiger partial charge in [-0.2, -0.15) is 0 Å².